The summed E-state index contributed by atoms with van der Waals surface area (Å²) >= 11 is 0. The summed E-state index contributed by atoms with van der Waals surface area (Å²) in [6.45, 7) is 9.88. The summed E-state index contributed by atoms with van der Waals surface area (Å²) in [5.74, 6) is 0.893. The third-order valence-electron chi connectivity index (χ3n) is 3.86. The Labute approximate surface area is 106 Å². The largest absolute Gasteiger partial charge is 0.316 e. The van der Waals surface area contributed by atoms with Crippen LogP contribution < -0.4 is 5.32 Å². The summed E-state index contributed by atoms with van der Waals surface area (Å²) in [6, 6.07) is 0.741. The van der Waals surface area contributed by atoms with Crippen molar-refractivity contribution < 1.29 is 0 Å². The molecule has 0 aromatic heterocycles. The molecule has 3 nitrogen and oxygen atoms in total. The van der Waals surface area contributed by atoms with E-state index in [4.69, 9.17) is 0 Å². The Hall–Kier alpha value is 0.170. The molecule has 2 unspecified atom stereocenters. The highest BCUT2D eigenvalue weighted by molar-refractivity contribution is 5.85. The first-order valence-corrected chi connectivity index (χ1v) is 6.39. The number of hydrogen-bond donors (Lipinski definition) is 1. The van der Waals surface area contributed by atoms with E-state index >= 15 is 0 Å². The molecule has 2 aliphatic heterocycles. The van der Waals surface area contributed by atoms with Crippen molar-refractivity contribution in [3.05, 3.63) is 0 Å². The van der Waals surface area contributed by atoms with Crippen molar-refractivity contribution in [3.63, 3.8) is 0 Å². The molecule has 0 spiro atoms. The predicted octanol–water partition coefficient (Wildman–Crippen LogP) is 1.04. The second kappa shape index (κ2) is 6.80. The molecule has 0 amide bonds. The minimum Gasteiger partial charge on any atom is -0.316 e. The number of likely N-dealkylation sites (N-methyl/N-ethyl adjacent to an activating group) is 1. The van der Waals surface area contributed by atoms with Crippen molar-refractivity contribution in [3.8, 4) is 0 Å². The van der Waals surface area contributed by atoms with Crippen molar-refractivity contribution in [1.82, 2.24) is 15.1 Å². The van der Waals surface area contributed by atoms with Gasteiger partial charge in [0.05, 0.1) is 0 Å². The normalized spacial score (nSPS) is 33.4. The molecule has 0 aromatic rings. The molecule has 0 aliphatic carbocycles. The Balaban J connectivity index is 0.00000128. The molecule has 16 heavy (non-hydrogen) atoms. The van der Waals surface area contributed by atoms with Crippen LogP contribution in [0, 0.1) is 5.92 Å². The van der Waals surface area contributed by atoms with Crippen molar-refractivity contribution >= 4 is 12.4 Å². The summed E-state index contributed by atoms with van der Waals surface area (Å²) in [4.78, 5) is 5.12. The molecule has 0 aromatic carbocycles. The predicted molar refractivity (Wildman–Crippen MR) is 71.4 cm³/mol. The number of halogens is 1. The summed E-state index contributed by atoms with van der Waals surface area (Å²) in [7, 11) is 2.23. The highest BCUT2D eigenvalue weighted by Crippen LogP contribution is 2.15. The van der Waals surface area contributed by atoms with Crippen LogP contribution in [-0.2, 0) is 0 Å². The number of rotatable bonds is 2. The molecule has 4 heteroatoms. The number of nitrogens with one attached hydrogen (secondary N) is 1. The fourth-order valence-electron chi connectivity index (χ4n) is 2.86. The number of piperazine rings is 1. The number of nitrogens with zero attached hydrogens (tertiary/aromatic N) is 2. The zero-order valence-electron chi connectivity index (χ0n) is 10.6. The first-order valence-electron chi connectivity index (χ1n) is 6.39. The maximum Gasteiger partial charge on any atom is 0.0195 e. The molecule has 2 aliphatic rings. The van der Waals surface area contributed by atoms with Gasteiger partial charge in [-0.1, -0.05) is 0 Å². The molecule has 1 N–H and O–H groups in total. The Morgan fingerprint density at radius 1 is 1.31 bits per heavy atom. The molecule has 2 heterocycles. The number of hydrogen-bond acceptors (Lipinski definition) is 3. The standard InChI is InChI=1S/C12H25N3.ClH/c1-11-9-14(2)6-7-15(11)10-12-4-3-5-13-8-12;/h11-13H,3-10H2,1-2H3;1H. The van der Waals surface area contributed by atoms with E-state index in [1.54, 1.807) is 0 Å². The van der Waals surface area contributed by atoms with Crippen LogP contribution in [0.25, 0.3) is 0 Å². The van der Waals surface area contributed by atoms with Gasteiger partial charge in [0.25, 0.3) is 0 Å². The molecule has 2 rings (SSSR count). The van der Waals surface area contributed by atoms with Gasteiger partial charge >= 0.3 is 0 Å². The lowest BCUT2D eigenvalue weighted by Crippen LogP contribution is -2.52. The van der Waals surface area contributed by atoms with Gasteiger partial charge in [-0.25, -0.2) is 0 Å². The topological polar surface area (TPSA) is 18.5 Å². The molecule has 96 valence electrons. The third kappa shape index (κ3) is 3.88. The van der Waals surface area contributed by atoms with E-state index in [0.29, 0.717) is 0 Å². The smallest absolute Gasteiger partial charge is 0.0195 e. The van der Waals surface area contributed by atoms with Crippen molar-refractivity contribution in [2.75, 3.05) is 46.3 Å². The van der Waals surface area contributed by atoms with E-state index in [-0.39, 0.29) is 12.4 Å². The van der Waals surface area contributed by atoms with Gasteiger partial charge < -0.3 is 10.2 Å². The zero-order valence-corrected chi connectivity index (χ0v) is 11.4. The Kier molecular flexibility index (Phi) is 6.05. The fourth-order valence-corrected chi connectivity index (χ4v) is 2.86. The maximum absolute atomic E-state index is 3.51. The second-order valence-corrected chi connectivity index (χ2v) is 5.32. The van der Waals surface area contributed by atoms with Crippen LogP contribution in [0.2, 0.25) is 0 Å². The summed E-state index contributed by atoms with van der Waals surface area (Å²) in [5, 5.41) is 3.51. The Morgan fingerprint density at radius 3 is 2.75 bits per heavy atom. The molecule has 2 saturated heterocycles. The summed E-state index contributed by atoms with van der Waals surface area (Å²) in [6.07, 6.45) is 2.79. The monoisotopic (exact) mass is 247 g/mol. The van der Waals surface area contributed by atoms with Crippen LogP contribution in [-0.4, -0.2) is 62.2 Å². The average molecular weight is 248 g/mol. The highest BCUT2D eigenvalue weighted by Gasteiger charge is 2.24. The third-order valence-corrected chi connectivity index (χ3v) is 3.86. The van der Waals surface area contributed by atoms with Gasteiger partial charge in [-0.2, -0.15) is 0 Å². The van der Waals surface area contributed by atoms with E-state index in [1.165, 1.54) is 52.1 Å². The van der Waals surface area contributed by atoms with Crippen LogP contribution >= 0.6 is 12.4 Å². The number of piperidine rings is 1. The minimum absolute atomic E-state index is 0. The average Bonchev–Trinajstić information content (AvgIpc) is 2.24. The van der Waals surface area contributed by atoms with Gasteiger partial charge in [0, 0.05) is 32.2 Å². The Bertz CT molecular complexity index is 195. The van der Waals surface area contributed by atoms with Gasteiger partial charge in [-0.05, 0) is 45.8 Å². The minimum atomic E-state index is 0. The van der Waals surface area contributed by atoms with E-state index in [1.807, 2.05) is 0 Å². The van der Waals surface area contributed by atoms with Crippen LogP contribution in [0.4, 0.5) is 0 Å². The fraction of sp³-hybridized carbons (Fsp3) is 1.00. The molecule has 0 radical (unpaired) electrons. The lowest BCUT2D eigenvalue weighted by atomic mass is 9.98. The zero-order chi connectivity index (χ0) is 10.7. The van der Waals surface area contributed by atoms with Gasteiger partial charge in [0.2, 0.25) is 0 Å². The second-order valence-electron chi connectivity index (χ2n) is 5.32. The van der Waals surface area contributed by atoms with Crippen molar-refractivity contribution in [2.24, 2.45) is 5.92 Å². The van der Waals surface area contributed by atoms with Gasteiger partial charge in [0.1, 0.15) is 0 Å². The SMILES string of the molecule is CC1CN(C)CCN1CC1CCCNC1.Cl. The van der Waals surface area contributed by atoms with Crippen LogP contribution in [0.1, 0.15) is 19.8 Å². The molecular formula is C12H26ClN3. The maximum atomic E-state index is 3.51. The van der Waals surface area contributed by atoms with E-state index in [0.717, 1.165) is 12.0 Å². The molecule has 0 bridgehead atoms. The summed E-state index contributed by atoms with van der Waals surface area (Å²) < 4.78 is 0. The van der Waals surface area contributed by atoms with Crippen molar-refractivity contribution in [2.45, 2.75) is 25.8 Å². The molecule has 2 atom stereocenters. The van der Waals surface area contributed by atoms with E-state index in [2.05, 4.69) is 29.1 Å². The first-order chi connectivity index (χ1) is 7.25. The van der Waals surface area contributed by atoms with E-state index < -0.39 is 0 Å². The molecule has 0 saturated carbocycles. The van der Waals surface area contributed by atoms with Crippen LogP contribution in [0.15, 0.2) is 0 Å². The highest BCUT2D eigenvalue weighted by atomic mass is 35.5. The van der Waals surface area contributed by atoms with Gasteiger partial charge in [-0.15, -0.1) is 12.4 Å². The quantitative estimate of drug-likeness (QED) is 0.787. The molecular weight excluding hydrogens is 222 g/mol. The lowest BCUT2D eigenvalue weighted by molar-refractivity contribution is 0.0803. The van der Waals surface area contributed by atoms with Crippen LogP contribution in [0.5, 0.6) is 0 Å². The van der Waals surface area contributed by atoms with Crippen LogP contribution in [0.3, 0.4) is 0 Å². The Morgan fingerprint density at radius 2 is 2.12 bits per heavy atom. The van der Waals surface area contributed by atoms with Gasteiger partial charge in [0.15, 0.2) is 0 Å². The lowest BCUT2D eigenvalue weighted by Gasteiger charge is -2.40. The summed E-state index contributed by atoms with van der Waals surface area (Å²) in [5.41, 5.74) is 0. The van der Waals surface area contributed by atoms with Crippen molar-refractivity contribution in [1.29, 1.82) is 0 Å². The first kappa shape index (κ1) is 14.2. The van der Waals surface area contributed by atoms with Gasteiger partial charge in [-0.3, -0.25) is 4.90 Å². The van der Waals surface area contributed by atoms with E-state index in [9.17, 15) is 0 Å². The molecule has 2 fully saturated rings.